The van der Waals surface area contributed by atoms with E-state index in [-0.39, 0.29) is 0 Å². The molecular weight excluding hydrogens is 210 g/mol. The molecule has 0 aromatic carbocycles. The number of aromatic nitrogens is 1. The van der Waals surface area contributed by atoms with Gasteiger partial charge in [-0.25, -0.2) is 4.98 Å². The van der Waals surface area contributed by atoms with Crippen molar-refractivity contribution in [2.75, 3.05) is 7.11 Å². The molecule has 1 heterocycles. The highest BCUT2D eigenvalue weighted by Crippen LogP contribution is 2.16. The van der Waals surface area contributed by atoms with Gasteiger partial charge in [-0.1, -0.05) is 0 Å². The minimum Gasteiger partial charge on any atom is -0.481 e. The van der Waals surface area contributed by atoms with Crippen molar-refractivity contribution in [1.82, 2.24) is 4.98 Å². The van der Waals surface area contributed by atoms with Crippen LogP contribution in [-0.4, -0.2) is 18.4 Å². The molecular formula is C7H6BrNO2. The summed E-state index contributed by atoms with van der Waals surface area (Å²) in [6.45, 7) is 0. The smallest absolute Gasteiger partial charge is 0.214 e. The van der Waals surface area contributed by atoms with Gasteiger partial charge in [0.05, 0.1) is 7.11 Å². The van der Waals surface area contributed by atoms with Gasteiger partial charge >= 0.3 is 0 Å². The molecule has 0 fully saturated rings. The summed E-state index contributed by atoms with van der Waals surface area (Å²) in [5, 5.41) is 0. The van der Waals surface area contributed by atoms with Crippen molar-refractivity contribution >= 4 is 22.2 Å². The lowest BCUT2D eigenvalue weighted by Gasteiger charge is -1.99. The number of methoxy groups -OCH3 is 1. The molecule has 1 aromatic heterocycles. The van der Waals surface area contributed by atoms with Crippen LogP contribution in [0.25, 0.3) is 0 Å². The number of aldehydes is 1. The summed E-state index contributed by atoms with van der Waals surface area (Å²) in [4.78, 5) is 14.2. The van der Waals surface area contributed by atoms with E-state index in [2.05, 4.69) is 20.9 Å². The van der Waals surface area contributed by atoms with E-state index < -0.39 is 0 Å². The number of carbonyl (C=O) groups excluding carboxylic acids is 1. The van der Waals surface area contributed by atoms with E-state index in [0.717, 1.165) is 6.29 Å². The van der Waals surface area contributed by atoms with Crippen LogP contribution in [0.1, 0.15) is 10.4 Å². The highest BCUT2D eigenvalue weighted by Gasteiger charge is 2.00. The molecule has 0 N–H and O–H groups in total. The van der Waals surface area contributed by atoms with Gasteiger partial charge in [0.1, 0.15) is 4.60 Å². The Balaban J connectivity index is 3.09. The van der Waals surface area contributed by atoms with Crippen molar-refractivity contribution in [2.45, 2.75) is 0 Å². The fourth-order valence-corrected chi connectivity index (χ4v) is 1.03. The summed E-state index contributed by atoms with van der Waals surface area (Å²) in [5.41, 5.74) is 0.519. The predicted molar refractivity (Wildman–Crippen MR) is 43.9 cm³/mol. The SMILES string of the molecule is COc1ccc(C=O)c(Br)n1. The summed E-state index contributed by atoms with van der Waals surface area (Å²) in [7, 11) is 1.52. The minimum atomic E-state index is 0.488. The molecule has 1 aromatic rings. The third-order valence-corrected chi connectivity index (χ3v) is 1.82. The number of ether oxygens (including phenoxy) is 1. The Labute approximate surface area is 72.5 Å². The van der Waals surface area contributed by atoms with Crippen LogP contribution in [-0.2, 0) is 0 Å². The molecule has 0 aliphatic heterocycles. The van der Waals surface area contributed by atoms with E-state index in [1.807, 2.05) is 0 Å². The van der Waals surface area contributed by atoms with E-state index in [1.165, 1.54) is 7.11 Å². The van der Waals surface area contributed by atoms with Crippen molar-refractivity contribution in [3.8, 4) is 5.88 Å². The number of hydrogen-bond donors (Lipinski definition) is 0. The van der Waals surface area contributed by atoms with Gasteiger partial charge in [-0.3, -0.25) is 4.79 Å². The van der Waals surface area contributed by atoms with Gasteiger partial charge in [0.2, 0.25) is 5.88 Å². The molecule has 0 bridgehead atoms. The molecule has 4 heteroatoms. The van der Waals surface area contributed by atoms with Gasteiger partial charge in [-0.05, 0) is 22.0 Å². The lowest BCUT2D eigenvalue weighted by molar-refractivity contribution is 0.112. The molecule has 11 heavy (non-hydrogen) atoms. The minimum absolute atomic E-state index is 0.488. The molecule has 3 nitrogen and oxygen atoms in total. The van der Waals surface area contributed by atoms with E-state index in [9.17, 15) is 4.79 Å². The molecule has 0 aliphatic carbocycles. The van der Waals surface area contributed by atoms with Crippen LogP contribution in [0.2, 0.25) is 0 Å². The largest absolute Gasteiger partial charge is 0.481 e. The first-order valence-corrected chi connectivity index (χ1v) is 3.73. The maximum Gasteiger partial charge on any atom is 0.214 e. The molecule has 0 aliphatic rings. The molecule has 0 radical (unpaired) electrons. The highest BCUT2D eigenvalue weighted by atomic mass is 79.9. The molecule has 0 atom stereocenters. The second-order valence-corrected chi connectivity index (χ2v) is 2.60. The molecule has 58 valence electrons. The van der Waals surface area contributed by atoms with Gasteiger partial charge in [0.25, 0.3) is 0 Å². The fourth-order valence-electron chi connectivity index (χ4n) is 0.630. The number of halogens is 1. The van der Waals surface area contributed by atoms with Gasteiger partial charge in [0, 0.05) is 11.6 Å². The number of carbonyl (C=O) groups is 1. The van der Waals surface area contributed by atoms with E-state index in [1.54, 1.807) is 12.1 Å². The maximum atomic E-state index is 10.3. The Kier molecular flexibility index (Phi) is 2.59. The zero-order valence-corrected chi connectivity index (χ0v) is 7.46. The summed E-state index contributed by atoms with van der Waals surface area (Å²) >= 11 is 3.13. The second-order valence-electron chi connectivity index (χ2n) is 1.85. The monoisotopic (exact) mass is 215 g/mol. The fraction of sp³-hybridized carbons (Fsp3) is 0.143. The molecule has 1 rings (SSSR count). The average Bonchev–Trinajstić information content (AvgIpc) is 2.04. The summed E-state index contributed by atoms with van der Waals surface area (Å²) in [5.74, 6) is 0.488. The lowest BCUT2D eigenvalue weighted by Crippen LogP contribution is -1.90. The van der Waals surface area contributed by atoms with Crippen molar-refractivity contribution in [2.24, 2.45) is 0 Å². The van der Waals surface area contributed by atoms with Crippen LogP contribution in [0.4, 0.5) is 0 Å². The van der Waals surface area contributed by atoms with Crippen LogP contribution in [0.3, 0.4) is 0 Å². The van der Waals surface area contributed by atoms with Gasteiger partial charge in [-0.2, -0.15) is 0 Å². The molecule has 0 saturated carbocycles. The summed E-state index contributed by atoms with van der Waals surface area (Å²) in [6.07, 6.45) is 0.733. The Morgan fingerprint density at radius 2 is 2.36 bits per heavy atom. The van der Waals surface area contributed by atoms with E-state index in [0.29, 0.717) is 16.0 Å². The Hall–Kier alpha value is -0.900. The third kappa shape index (κ3) is 1.77. The van der Waals surface area contributed by atoms with Crippen molar-refractivity contribution < 1.29 is 9.53 Å². The topological polar surface area (TPSA) is 39.2 Å². The van der Waals surface area contributed by atoms with Crippen LogP contribution in [0, 0.1) is 0 Å². The summed E-state index contributed by atoms with van der Waals surface area (Å²) < 4.78 is 5.34. The number of hydrogen-bond acceptors (Lipinski definition) is 3. The number of pyridine rings is 1. The normalized spacial score (nSPS) is 9.27. The molecule has 0 saturated heterocycles. The zero-order valence-electron chi connectivity index (χ0n) is 5.87. The molecule has 0 unspecified atom stereocenters. The zero-order chi connectivity index (χ0) is 8.27. The first-order valence-electron chi connectivity index (χ1n) is 2.93. The molecule has 0 spiro atoms. The van der Waals surface area contributed by atoms with E-state index in [4.69, 9.17) is 4.74 Å². The average molecular weight is 216 g/mol. The van der Waals surface area contributed by atoms with Crippen molar-refractivity contribution in [1.29, 1.82) is 0 Å². The van der Waals surface area contributed by atoms with E-state index >= 15 is 0 Å². The number of nitrogens with zero attached hydrogens (tertiary/aromatic N) is 1. The first-order chi connectivity index (χ1) is 5.27. The standard InChI is InChI=1S/C7H6BrNO2/c1-11-6-3-2-5(4-10)7(8)9-6/h2-4H,1H3. The van der Waals surface area contributed by atoms with Crippen molar-refractivity contribution in [3.63, 3.8) is 0 Å². The quantitative estimate of drug-likeness (QED) is 0.557. The van der Waals surface area contributed by atoms with Crippen LogP contribution >= 0.6 is 15.9 Å². The van der Waals surface area contributed by atoms with Crippen LogP contribution < -0.4 is 4.74 Å². The highest BCUT2D eigenvalue weighted by molar-refractivity contribution is 9.10. The Bertz CT molecular complexity index is 275. The summed E-state index contributed by atoms with van der Waals surface area (Å²) in [6, 6.07) is 3.28. The van der Waals surface area contributed by atoms with Gasteiger partial charge < -0.3 is 4.74 Å². The van der Waals surface area contributed by atoms with Crippen LogP contribution in [0.15, 0.2) is 16.7 Å². The second kappa shape index (κ2) is 3.48. The third-order valence-electron chi connectivity index (χ3n) is 1.19. The lowest BCUT2D eigenvalue weighted by atomic mass is 10.3. The van der Waals surface area contributed by atoms with Crippen LogP contribution in [0.5, 0.6) is 5.88 Å². The van der Waals surface area contributed by atoms with Gasteiger partial charge in [0.15, 0.2) is 6.29 Å². The van der Waals surface area contributed by atoms with Crippen molar-refractivity contribution in [3.05, 3.63) is 22.3 Å². The van der Waals surface area contributed by atoms with Gasteiger partial charge in [-0.15, -0.1) is 0 Å². The number of rotatable bonds is 2. The Morgan fingerprint density at radius 3 is 2.82 bits per heavy atom. The molecule has 0 amide bonds. The Morgan fingerprint density at radius 1 is 1.64 bits per heavy atom. The first kappa shape index (κ1) is 8.20. The maximum absolute atomic E-state index is 10.3. The predicted octanol–water partition coefficient (Wildman–Crippen LogP) is 1.67.